The van der Waals surface area contributed by atoms with Crippen molar-refractivity contribution in [1.29, 1.82) is 0 Å². The van der Waals surface area contributed by atoms with E-state index in [4.69, 9.17) is 21.2 Å². The second kappa shape index (κ2) is 8.63. The Morgan fingerprint density at radius 2 is 1.90 bits per heavy atom. The van der Waals surface area contributed by atoms with Crippen molar-refractivity contribution in [3.63, 3.8) is 0 Å². The number of primary sulfonamides is 1. The monoisotopic (exact) mass is 487 g/mol. The van der Waals surface area contributed by atoms with Crippen molar-refractivity contribution < 1.29 is 22.5 Å². The molecule has 1 unspecified atom stereocenters. The maximum Gasteiger partial charge on any atom is 0.243 e. The van der Waals surface area contributed by atoms with Gasteiger partial charge in [0.1, 0.15) is 16.4 Å². The molecule has 0 bridgehead atoms. The molecule has 0 aliphatic carbocycles. The van der Waals surface area contributed by atoms with Gasteiger partial charge in [-0.2, -0.15) is 0 Å². The Morgan fingerprint density at radius 3 is 2.45 bits per heavy atom. The van der Waals surface area contributed by atoms with Crippen molar-refractivity contribution in [2.24, 2.45) is 11.1 Å². The van der Waals surface area contributed by atoms with Crippen LogP contribution in [0.3, 0.4) is 0 Å². The van der Waals surface area contributed by atoms with E-state index in [2.05, 4.69) is 19.4 Å². The first-order valence-corrected chi connectivity index (χ1v) is 12.1. The predicted octanol–water partition coefficient (Wildman–Crippen LogP) is 3.97. The first kappa shape index (κ1) is 23.3. The number of benzene rings is 1. The normalized spacial score (nSPS) is 13.5. The van der Waals surface area contributed by atoms with Gasteiger partial charge in [0.15, 0.2) is 16.9 Å². The number of phenols is 1. The van der Waals surface area contributed by atoms with Crippen LogP contribution in [0.25, 0.3) is 0 Å². The minimum absolute atomic E-state index is 0.0435. The Balaban J connectivity index is 1.98. The number of nitrogens with zero attached hydrogens (tertiary/aromatic N) is 2. The summed E-state index contributed by atoms with van der Waals surface area (Å²) in [7, 11) is -4.29. The number of nitrogens with two attached hydrogens (primary N) is 1. The van der Waals surface area contributed by atoms with Gasteiger partial charge in [0.2, 0.25) is 21.7 Å². The summed E-state index contributed by atoms with van der Waals surface area (Å²) in [5, 5.41) is 21.2. The highest BCUT2D eigenvalue weighted by molar-refractivity contribution is 7.89. The second-order valence-corrected chi connectivity index (χ2v) is 10.0. The van der Waals surface area contributed by atoms with E-state index in [1.807, 2.05) is 33.8 Å². The molecule has 2 atom stereocenters. The number of phenolic OH excluding ortho intramolecular Hbond substituents is 1. The van der Waals surface area contributed by atoms with Gasteiger partial charge < -0.3 is 24.7 Å². The molecule has 0 aliphatic heterocycles. The van der Waals surface area contributed by atoms with Crippen molar-refractivity contribution in [3.05, 3.63) is 40.3 Å². The van der Waals surface area contributed by atoms with Crippen LogP contribution in [0.1, 0.15) is 37.0 Å². The van der Waals surface area contributed by atoms with Crippen molar-refractivity contribution >= 4 is 50.1 Å². The van der Waals surface area contributed by atoms with Crippen LogP contribution in [0.5, 0.6) is 5.75 Å². The lowest BCUT2D eigenvalue weighted by molar-refractivity contribution is 0.407. The number of furan rings is 1. The molecule has 13 heteroatoms. The van der Waals surface area contributed by atoms with E-state index in [1.165, 1.54) is 12.1 Å². The van der Waals surface area contributed by atoms with Crippen LogP contribution in [0.2, 0.25) is 5.02 Å². The lowest BCUT2D eigenvalue weighted by atomic mass is 10.0. The van der Waals surface area contributed by atoms with Crippen LogP contribution in [0.15, 0.2) is 27.5 Å². The van der Waals surface area contributed by atoms with Crippen LogP contribution >= 0.6 is 22.7 Å². The molecule has 0 saturated heterocycles. The molecule has 0 saturated carbocycles. The van der Waals surface area contributed by atoms with Gasteiger partial charge in [-0.15, -0.1) is 0 Å². The smallest absolute Gasteiger partial charge is 0.243 e. The van der Waals surface area contributed by atoms with E-state index < -0.39 is 31.8 Å². The number of hydrogen-bond acceptors (Lipinski definition) is 9. The molecule has 168 valence electrons. The summed E-state index contributed by atoms with van der Waals surface area (Å²) in [6.07, 6.45) is 0. The first-order chi connectivity index (χ1) is 14.4. The molecule has 0 radical (unpaired) electrons. The Hall–Kier alpha value is -2.38. The third-order valence-electron chi connectivity index (χ3n) is 4.63. The summed E-state index contributed by atoms with van der Waals surface area (Å²) in [4.78, 5) is -0.632. The van der Waals surface area contributed by atoms with Crippen LogP contribution in [0, 0.1) is 19.8 Å². The Morgan fingerprint density at radius 1 is 1.26 bits per heavy atom. The van der Waals surface area contributed by atoms with Crippen LogP contribution in [-0.2, 0) is 10.0 Å². The van der Waals surface area contributed by atoms with Gasteiger partial charge in [-0.1, -0.05) is 25.4 Å². The average molecular weight is 488 g/mol. The summed E-state index contributed by atoms with van der Waals surface area (Å²) in [5.41, 5.74) is 0.944. The third-order valence-corrected chi connectivity index (χ3v) is 6.72. The van der Waals surface area contributed by atoms with E-state index in [0.29, 0.717) is 5.76 Å². The SMILES string of the molecule is Cc1cc([C@H](Nc2n[s+]([O-])nc2Nc2ccc(Cl)c(S(N)(=O)=O)c2O)C(C)C)oc1C. The van der Waals surface area contributed by atoms with E-state index in [1.54, 1.807) is 0 Å². The Labute approximate surface area is 187 Å². The quantitative estimate of drug-likeness (QED) is 0.284. The van der Waals surface area contributed by atoms with Gasteiger partial charge in [-0.25, -0.2) is 13.6 Å². The lowest BCUT2D eigenvalue weighted by Gasteiger charge is -2.20. The summed E-state index contributed by atoms with van der Waals surface area (Å²) in [6, 6.07) is 4.19. The molecule has 2 heterocycles. The van der Waals surface area contributed by atoms with Gasteiger partial charge >= 0.3 is 0 Å². The third kappa shape index (κ3) is 4.93. The molecule has 1 aromatic carbocycles. The number of aryl methyl sites for hydroxylation is 2. The standard InChI is InChI=1S/C18H22ClN5O5S2/c1-8(2)14(13-7-9(3)10(4)29-13)22-18-17(23-30(26)24-18)21-12-6-5-11(19)16(15(12)25)31(20,27)28/h5-8,14,25H,1-4H3,(H,21,23)(H,22,24)(H2,20,27,28)/t14-,30?/m1/s1. The molecule has 5 N–H and O–H groups in total. The van der Waals surface area contributed by atoms with Gasteiger partial charge in [0, 0.05) is 8.75 Å². The zero-order chi connectivity index (χ0) is 23.1. The van der Waals surface area contributed by atoms with Crippen molar-refractivity contribution in [2.45, 2.75) is 38.6 Å². The van der Waals surface area contributed by atoms with Gasteiger partial charge in [-0.05, 0) is 43.5 Å². The van der Waals surface area contributed by atoms with E-state index in [-0.39, 0.29) is 34.3 Å². The fourth-order valence-corrected chi connectivity index (χ4v) is 4.77. The Kier molecular flexibility index (Phi) is 6.48. The van der Waals surface area contributed by atoms with Crippen LogP contribution in [-0.4, -0.2) is 26.8 Å². The summed E-state index contributed by atoms with van der Waals surface area (Å²) < 4.78 is 49.2. The average Bonchev–Trinajstić information content (AvgIpc) is 3.15. The number of nitrogens with one attached hydrogen (secondary N) is 2. The predicted molar refractivity (Wildman–Crippen MR) is 118 cm³/mol. The number of aromatic nitrogens is 2. The molecule has 3 rings (SSSR count). The zero-order valence-electron chi connectivity index (χ0n) is 17.1. The molecule has 10 nitrogen and oxygen atoms in total. The topological polar surface area (TPSA) is 166 Å². The largest absolute Gasteiger partial charge is 0.546 e. The fourth-order valence-electron chi connectivity index (χ4n) is 2.95. The Bertz CT molecular complexity index is 1200. The maximum atomic E-state index is 12.0. The second-order valence-electron chi connectivity index (χ2n) is 7.31. The minimum Gasteiger partial charge on any atom is -0.546 e. The molecule has 2 aromatic heterocycles. The molecule has 0 fully saturated rings. The van der Waals surface area contributed by atoms with E-state index in [0.717, 1.165) is 11.3 Å². The molecule has 31 heavy (non-hydrogen) atoms. The van der Waals surface area contributed by atoms with Crippen LogP contribution in [0.4, 0.5) is 17.3 Å². The molecule has 0 amide bonds. The van der Waals surface area contributed by atoms with Gasteiger partial charge in [0.25, 0.3) is 0 Å². The minimum atomic E-state index is -4.29. The van der Waals surface area contributed by atoms with Crippen molar-refractivity contribution in [3.8, 4) is 5.75 Å². The number of aromatic hydroxyl groups is 1. The maximum absolute atomic E-state index is 12.0. The first-order valence-electron chi connectivity index (χ1n) is 9.13. The van der Waals surface area contributed by atoms with Crippen LogP contribution < -0.4 is 15.8 Å². The van der Waals surface area contributed by atoms with E-state index in [9.17, 15) is 18.1 Å². The number of anilines is 3. The van der Waals surface area contributed by atoms with Crippen molar-refractivity contribution in [1.82, 2.24) is 8.75 Å². The molecular formula is C18H22ClN5O5S2. The van der Waals surface area contributed by atoms with Crippen molar-refractivity contribution in [2.75, 3.05) is 10.6 Å². The number of halogens is 1. The van der Waals surface area contributed by atoms with Gasteiger partial charge in [0.05, 0.1) is 16.8 Å². The number of rotatable bonds is 7. The summed E-state index contributed by atoms with van der Waals surface area (Å²) >= 11 is 3.96. The summed E-state index contributed by atoms with van der Waals surface area (Å²) in [5.74, 6) is 1.05. The lowest BCUT2D eigenvalue weighted by Crippen LogP contribution is -2.17. The highest BCUT2D eigenvalue weighted by Gasteiger charge is 2.27. The number of sulfonamides is 1. The molecular weight excluding hydrogens is 466 g/mol. The zero-order valence-corrected chi connectivity index (χ0v) is 19.5. The fraction of sp³-hybridized carbons (Fsp3) is 0.333. The number of hydrogen-bond donors (Lipinski definition) is 4. The highest BCUT2D eigenvalue weighted by atomic mass is 35.5. The summed E-state index contributed by atoms with van der Waals surface area (Å²) in [6.45, 7) is 7.75. The van der Waals surface area contributed by atoms with E-state index >= 15 is 0 Å². The molecule has 3 aromatic rings. The molecule has 0 aliphatic rings. The highest BCUT2D eigenvalue weighted by Crippen LogP contribution is 2.39. The van der Waals surface area contributed by atoms with Gasteiger partial charge in [-0.3, -0.25) is 0 Å². The molecule has 0 spiro atoms.